The van der Waals surface area contributed by atoms with Crippen molar-refractivity contribution in [2.24, 2.45) is 18.9 Å². The van der Waals surface area contributed by atoms with Gasteiger partial charge >= 0.3 is 0 Å². The second kappa shape index (κ2) is 4.58. The van der Waals surface area contributed by atoms with E-state index < -0.39 is 0 Å². The summed E-state index contributed by atoms with van der Waals surface area (Å²) in [6, 6.07) is 2.93. The Hall–Kier alpha value is -0.830. The summed E-state index contributed by atoms with van der Waals surface area (Å²) < 4.78 is 2.04. The Kier molecular flexibility index (Phi) is 3.33. The fraction of sp³-hybridized carbons (Fsp3) is 0.769. The van der Waals surface area contributed by atoms with Crippen molar-refractivity contribution >= 4 is 0 Å². The van der Waals surface area contributed by atoms with Crippen molar-refractivity contribution in [3.05, 3.63) is 17.5 Å². The van der Waals surface area contributed by atoms with Gasteiger partial charge in [-0.2, -0.15) is 5.10 Å². The predicted octanol–water partition coefficient (Wildman–Crippen LogP) is 1.91. The predicted molar refractivity (Wildman–Crippen MR) is 66.4 cm³/mol. The lowest BCUT2D eigenvalue weighted by Gasteiger charge is -2.20. The van der Waals surface area contributed by atoms with Gasteiger partial charge in [0.15, 0.2) is 0 Å². The van der Waals surface area contributed by atoms with E-state index in [4.69, 9.17) is 0 Å². The van der Waals surface area contributed by atoms with Crippen molar-refractivity contribution < 1.29 is 0 Å². The normalized spacial score (nSPS) is 29.9. The first kappa shape index (κ1) is 11.6. The first-order chi connectivity index (χ1) is 7.61. The van der Waals surface area contributed by atoms with E-state index in [1.54, 1.807) is 0 Å². The van der Waals surface area contributed by atoms with Crippen LogP contribution in [0.2, 0.25) is 0 Å². The van der Waals surface area contributed by atoms with Gasteiger partial charge in [-0.05, 0) is 51.1 Å². The molecule has 0 aliphatic heterocycles. The number of aryl methyl sites for hydroxylation is 2. The topological polar surface area (TPSA) is 29.9 Å². The highest BCUT2D eigenvalue weighted by molar-refractivity contribution is 5.10. The van der Waals surface area contributed by atoms with E-state index in [-0.39, 0.29) is 0 Å². The summed E-state index contributed by atoms with van der Waals surface area (Å²) in [5.41, 5.74) is 2.51. The van der Waals surface area contributed by atoms with Crippen molar-refractivity contribution in [3.8, 4) is 0 Å². The van der Waals surface area contributed by atoms with Crippen LogP contribution in [0.4, 0.5) is 0 Å². The van der Waals surface area contributed by atoms with Gasteiger partial charge in [0.1, 0.15) is 0 Å². The highest BCUT2D eigenvalue weighted by Gasteiger charge is 2.32. The molecule has 1 aromatic heterocycles. The van der Waals surface area contributed by atoms with Crippen molar-refractivity contribution in [2.45, 2.75) is 39.2 Å². The molecule has 2 rings (SSSR count). The molecular formula is C13H23N3. The molecule has 0 aromatic carbocycles. The summed E-state index contributed by atoms with van der Waals surface area (Å²) in [7, 11) is 4.13. The molecule has 1 heterocycles. The molecule has 1 aliphatic carbocycles. The second-order valence-electron chi connectivity index (χ2n) is 5.20. The average molecular weight is 221 g/mol. The van der Waals surface area contributed by atoms with Gasteiger partial charge in [0.2, 0.25) is 0 Å². The summed E-state index contributed by atoms with van der Waals surface area (Å²) in [5, 5.41) is 7.85. The van der Waals surface area contributed by atoms with Crippen LogP contribution >= 0.6 is 0 Å². The largest absolute Gasteiger partial charge is 0.317 e. The monoisotopic (exact) mass is 221 g/mol. The second-order valence-corrected chi connectivity index (χ2v) is 5.20. The molecule has 3 heteroatoms. The van der Waals surface area contributed by atoms with E-state index in [1.807, 2.05) is 4.68 Å². The van der Waals surface area contributed by atoms with Gasteiger partial charge < -0.3 is 5.32 Å². The first-order valence-electron chi connectivity index (χ1n) is 6.28. The Bertz CT molecular complexity index is 356. The molecule has 0 bridgehead atoms. The van der Waals surface area contributed by atoms with Gasteiger partial charge in [-0.1, -0.05) is 6.92 Å². The van der Waals surface area contributed by atoms with Crippen molar-refractivity contribution in [1.82, 2.24) is 15.1 Å². The molecule has 1 aliphatic rings. The van der Waals surface area contributed by atoms with Crippen molar-refractivity contribution in [3.63, 3.8) is 0 Å². The van der Waals surface area contributed by atoms with Gasteiger partial charge in [-0.25, -0.2) is 0 Å². The van der Waals surface area contributed by atoms with E-state index in [9.17, 15) is 0 Å². The van der Waals surface area contributed by atoms with Crippen LogP contribution in [0.25, 0.3) is 0 Å². The van der Waals surface area contributed by atoms with Crippen LogP contribution in [-0.4, -0.2) is 22.9 Å². The summed E-state index contributed by atoms with van der Waals surface area (Å²) in [6.45, 7) is 4.44. The Labute approximate surface area is 98.2 Å². The minimum Gasteiger partial charge on any atom is -0.317 e. The molecule has 0 saturated heterocycles. The van der Waals surface area contributed by atoms with E-state index in [0.29, 0.717) is 6.04 Å². The van der Waals surface area contributed by atoms with E-state index >= 15 is 0 Å². The molecule has 1 fully saturated rings. The summed E-state index contributed by atoms with van der Waals surface area (Å²) in [5.74, 6) is 1.59. The van der Waals surface area contributed by atoms with Gasteiger partial charge in [-0.15, -0.1) is 0 Å². The minimum absolute atomic E-state index is 0.708. The highest BCUT2D eigenvalue weighted by Crippen LogP contribution is 2.34. The van der Waals surface area contributed by atoms with Gasteiger partial charge in [0.05, 0.1) is 5.69 Å². The highest BCUT2D eigenvalue weighted by atomic mass is 15.3. The van der Waals surface area contributed by atoms with Crippen LogP contribution < -0.4 is 5.32 Å². The fourth-order valence-electron chi connectivity index (χ4n) is 3.07. The molecule has 1 aromatic rings. The lowest BCUT2D eigenvalue weighted by molar-refractivity contribution is 0.358. The zero-order valence-corrected chi connectivity index (χ0v) is 10.8. The third kappa shape index (κ3) is 2.14. The van der Waals surface area contributed by atoms with Crippen molar-refractivity contribution in [2.75, 3.05) is 7.05 Å². The SMILES string of the molecule is CNC1CCC(Cc2cc(C)nn2C)C1C. The third-order valence-corrected chi connectivity index (χ3v) is 4.17. The number of nitrogens with one attached hydrogen (secondary N) is 1. The van der Waals surface area contributed by atoms with E-state index in [0.717, 1.165) is 17.5 Å². The van der Waals surface area contributed by atoms with Crippen molar-refractivity contribution in [1.29, 1.82) is 0 Å². The zero-order valence-electron chi connectivity index (χ0n) is 10.8. The van der Waals surface area contributed by atoms with Gasteiger partial charge in [0.25, 0.3) is 0 Å². The molecule has 90 valence electrons. The lowest BCUT2D eigenvalue weighted by Crippen LogP contribution is -2.29. The van der Waals surface area contributed by atoms with Crippen LogP contribution in [0.5, 0.6) is 0 Å². The smallest absolute Gasteiger partial charge is 0.0596 e. The summed E-state index contributed by atoms with van der Waals surface area (Å²) in [4.78, 5) is 0. The van der Waals surface area contributed by atoms with Gasteiger partial charge in [-0.3, -0.25) is 4.68 Å². The van der Waals surface area contributed by atoms with Crippen LogP contribution in [0.1, 0.15) is 31.2 Å². The maximum atomic E-state index is 4.42. The zero-order chi connectivity index (χ0) is 11.7. The summed E-state index contributed by atoms with van der Waals surface area (Å²) >= 11 is 0. The van der Waals surface area contributed by atoms with Crippen LogP contribution in [0.15, 0.2) is 6.07 Å². The quantitative estimate of drug-likeness (QED) is 0.845. The third-order valence-electron chi connectivity index (χ3n) is 4.17. The number of hydrogen-bond acceptors (Lipinski definition) is 2. The van der Waals surface area contributed by atoms with Gasteiger partial charge in [0, 0.05) is 18.8 Å². The molecule has 16 heavy (non-hydrogen) atoms. The average Bonchev–Trinajstić information content (AvgIpc) is 2.73. The molecule has 3 nitrogen and oxygen atoms in total. The number of hydrogen-bond donors (Lipinski definition) is 1. The Morgan fingerprint density at radius 2 is 2.25 bits per heavy atom. The maximum absolute atomic E-state index is 4.42. The molecule has 3 unspecified atom stereocenters. The maximum Gasteiger partial charge on any atom is 0.0596 e. The number of nitrogens with zero attached hydrogens (tertiary/aromatic N) is 2. The Morgan fingerprint density at radius 3 is 2.75 bits per heavy atom. The number of rotatable bonds is 3. The fourth-order valence-corrected chi connectivity index (χ4v) is 3.07. The first-order valence-corrected chi connectivity index (χ1v) is 6.28. The number of aromatic nitrogens is 2. The molecule has 3 atom stereocenters. The minimum atomic E-state index is 0.708. The molecular weight excluding hydrogens is 198 g/mol. The van der Waals surface area contributed by atoms with Crippen LogP contribution in [0, 0.1) is 18.8 Å². The van der Waals surface area contributed by atoms with Crippen LogP contribution in [-0.2, 0) is 13.5 Å². The Morgan fingerprint density at radius 1 is 1.50 bits per heavy atom. The molecule has 0 amide bonds. The molecule has 1 N–H and O–H groups in total. The summed E-state index contributed by atoms with van der Waals surface area (Å²) in [6.07, 6.45) is 3.84. The standard InChI is InChI=1S/C13H23N3/c1-9-7-12(16(4)15-9)8-11-5-6-13(14-3)10(11)2/h7,10-11,13-14H,5-6,8H2,1-4H3. The van der Waals surface area contributed by atoms with Crippen LogP contribution in [0.3, 0.4) is 0 Å². The lowest BCUT2D eigenvalue weighted by atomic mass is 9.91. The Balaban J connectivity index is 2.03. The van der Waals surface area contributed by atoms with E-state index in [1.165, 1.54) is 25.0 Å². The molecule has 0 spiro atoms. The van der Waals surface area contributed by atoms with E-state index in [2.05, 4.69) is 44.4 Å². The molecule has 1 saturated carbocycles. The molecule has 0 radical (unpaired) electrons.